The van der Waals surface area contributed by atoms with Crippen LogP contribution in [0.5, 0.6) is 11.5 Å². The summed E-state index contributed by atoms with van der Waals surface area (Å²) in [4.78, 5) is 29.0. The molecular weight excluding hydrogens is 416 g/mol. The average molecular weight is 445 g/mol. The molecule has 31 heavy (non-hydrogen) atoms. The van der Waals surface area contributed by atoms with Crippen molar-refractivity contribution in [3.05, 3.63) is 59.1 Å². The summed E-state index contributed by atoms with van der Waals surface area (Å²) in [6.07, 6.45) is 0.954. The Morgan fingerprint density at radius 3 is 2.42 bits per heavy atom. The van der Waals surface area contributed by atoms with Crippen LogP contribution in [-0.2, 0) is 16.0 Å². The quantitative estimate of drug-likeness (QED) is 0.651. The first-order valence-electron chi connectivity index (χ1n) is 10.7. The van der Waals surface area contributed by atoms with Crippen molar-refractivity contribution in [2.45, 2.75) is 32.8 Å². The molecule has 1 aliphatic rings. The van der Waals surface area contributed by atoms with E-state index < -0.39 is 6.10 Å². The molecule has 1 fully saturated rings. The fourth-order valence-electron chi connectivity index (χ4n) is 3.58. The Hall–Kier alpha value is -2.73. The zero-order valence-corrected chi connectivity index (χ0v) is 18.8. The molecule has 0 radical (unpaired) electrons. The Morgan fingerprint density at radius 2 is 1.68 bits per heavy atom. The van der Waals surface area contributed by atoms with Gasteiger partial charge < -0.3 is 19.3 Å². The first-order valence-corrected chi connectivity index (χ1v) is 11.0. The van der Waals surface area contributed by atoms with Gasteiger partial charge in [0.05, 0.1) is 0 Å². The van der Waals surface area contributed by atoms with Gasteiger partial charge in [-0.2, -0.15) is 0 Å². The van der Waals surface area contributed by atoms with E-state index in [0.29, 0.717) is 37.0 Å². The number of para-hydroxylation sites is 1. The van der Waals surface area contributed by atoms with Crippen LogP contribution in [0.3, 0.4) is 0 Å². The number of aryl methyl sites for hydroxylation is 1. The summed E-state index contributed by atoms with van der Waals surface area (Å²) in [5.41, 5.74) is 1.08. The lowest BCUT2D eigenvalue weighted by Crippen LogP contribution is -2.43. The Bertz CT molecular complexity index is 887. The van der Waals surface area contributed by atoms with Crippen LogP contribution in [0.2, 0.25) is 5.02 Å². The second kappa shape index (κ2) is 11.0. The van der Waals surface area contributed by atoms with Crippen molar-refractivity contribution in [3.8, 4) is 11.5 Å². The van der Waals surface area contributed by atoms with Crippen LogP contribution >= 0.6 is 11.6 Å². The molecule has 0 bridgehead atoms. The molecule has 0 saturated carbocycles. The van der Waals surface area contributed by atoms with E-state index in [1.54, 1.807) is 41.0 Å². The Morgan fingerprint density at radius 1 is 1.00 bits per heavy atom. The topological polar surface area (TPSA) is 59.1 Å². The minimum absolute atomic E-state index is 0.00103. The van der Waals surface area contributed by atoms with Crippen LogP contribution in [0.1, 0.15) is 25.8 Å². The molecule has 7 heteroatoms. The van der Waals surface area contributed by atoms with Gasteiger partial charge in [0, 0.05) is 31.2 Å². The van der Waals surface area contributed by atoms with E-state index in [1.807, 2.05) is 24.3 Å². The zero-order chi connectivity index (χ0) is 22.2. The maximum atomic E-state index is 12.8. The van der Waals surface area contributed by atoms with E-state index in [0.717, 1.165) is 24.2 Å². The lowest BCUT2D eigenvalue weighted by Gasteiger charge is -2.25. The maximum Gasteiger partial charge on any atom is 0.263 e. The first-order chi connectivity index (χ1) is 15.0. The van der Waals surface area contributed by atoms with Gasteiger partial charge in [0.15, 0.2) is 12.7 Å². The summed E-state index contributed by atoms with van der Waals surface area (Å²) in [6.45, 7) is 5.96. The summed E-state index contributed by atoms with van der Waals surface area (Å²) in [5.74, 6) is 1.20. The van der Waals surface area contributed by atoms with Crippen LogP contribution in [-0.4, -0.2) is 60.5 Å². The molecule has 1 atom stereocenters. The first kappa shape index (κ1) is 22.9. The van der Waals surface area contributed by atoms with Gasteiger partial charge in [-0.3, -0.25) is 9.59 Å². The number of benzene rings is 2. The van der Waals surface area contributed by atoms with Crippen LogP contribution in [0.4, 0.5) is 0 Å². The maximum absolute atomic E-state index is 12.8. The summed E-state index contributed by atoms with van der Waals surface area (Å²) in [7, 11) is 0. The Kier molecular flexibility index (Phi) is 8.18. The van der Waals surface area contributed by atoms with E-state index in [1.165, 1.54) is 0 Å². The van der Waals surface area contributed by atoms with Gasteiger partial charge in [-0.05, 0) is 55.7 Å². The molecule has 0 N–H and O–H groups in total. The van der Waals surface area contributed by atoms with Crippen molar-refractivity contribution >= 4 is 23.4 Å². The number of rotatable bonds is 7. The molecule has 1 unspecified atom stereocenters. The van der Waals surface area contributed by atoms with Crippen molar-refractivity contribution in [1.82, 2.24) is 9.80 Å². The number of nitrogens with zero attached hydrogens (tertiary/aromatic N) is 2. The molecule has 0 aromatic heterocycles. The highest BCUT2D eigenvalue weighted by Gasteiger charge is 2.26. The molecule has 0 spiro atoms. The molecule has 1 saturated heterocycles. The van der Waals surface area contributed by atoms with Gasteiger partial charge in [-0.15, -0.1) is 0 Å². The van der Waals surface area contributed by atoms with E-state index in [4.69, 9.17) is 21.1 Å². The Balaban J connectivity index is 1.50. The third-order valence-corrected chi connectivity index (χ3v) is 5.59. The molecule has 0 aliphatic carbocycles. The lowest BCUT2D eigenvalue weighted by atomic mass is 10.1. The minimum Gasteiger partial charge on any atom is -0.483 e. The molecule has 2 aromatic carbocycles. The largest absolute Gasteiger partial charge is 0.483 e. The molecular formula is C24H29ClN2O4. The van der Waals surface area contributed by atoms with E-state index in [2.05, 4.69) is 6.92 Å². The van der Waals surface area contributed by atoms with Crippen molar-refractivity contribution in [3.63, 3.8) is 0 Å². The molecule has 1 heterocycles. The predicted octanol–water partition coefficient (Wildman–Crippen LogP) is 3.81. The molecule has 3 rings (SSSR count). The minimum atomic E-state index is -0.614. The third kappa shape index (κ3) is 6.37. The van der Waals surface area contributed by atoms with Crippen LogP contribution in [0, 0.1) is 0 Å². The molecule has 2 amide bonds. The number of hydrogen-bond acceptors (Lipinski definition) is 4. The van der Waals surface area contributed by atoms with Gasteiger partial charge in [-0.25, -0.2) is 0 Å². The fourth-order valence-corrected chi connectivity index (χ4v) is 3.71. The summed E-state index contributed by atoms with van der Waals surface area (Å²) in [5, 5.41) is 0.616. The SMILES string of the molecule is CCc1ccccc1OCC(=O)N1CCCN(C(=O)C(C)Oc2ccc(Cl)cc2)CC1. The normalized spacial score (nSPS) is 15.2. The highest BCUT2D eigenvalue weighted by atomic mass is 35.5. The van der Waals surface area contributed by atoms with E-state index in [9.17, 15) is 9.59 Å². The highest BCUT2D eigenvalue weighted by Crippen LogP contribution is 2.19. The van der Waals surface area contributed by atoms with Gasteiger partial charge in [0.25, 0.3) is 11.8 Å². The highest BCUT2D eigenvalue weighted by molar-refractivity contribution is 6.30. The average Bonchev–Trinajstić information content (AvgIpc) is 3.05. The zero-order valence-electron chi connectivity index (χ0n) is 18.1. The number of halogens is 1. The monoisotopic (exact) mass is 444 g/mol. The number of carbonyl (C=O) groups excluding carboxylic acids is 2. The third-order valence-electron chi connectivity index (χ3n) is 5.34. The Labute approximate surface area is 188 Å². The van der Waals surface area contributed by atoms with Crippen LogP contribution in [0.25, 0.3) is 0 Å². The fraction of sp³-hybridized carbons (Fsp3) is 0.417. The van der Waals surface area contributed by atoms with Crippen molar-refractivity contribution in [2.75, 3.05) is 32.8 Å². The molecule has 6 nitrogen and oxygen atoms in total. The van der Waals surface area contributed by atoms with Gasteiger partial charge in [0.1, 0.15) is 11.5 Å². The second-order valence-electron chi connectivity index (χ2n) is 7.52. The smallest absolute Gasteiger partial charge is 0.263 e. The van der Waals surface area contributed by atoms with Gasteiger partial charge >= 0.3 is 0 Å². The van der Waals surface area contributed by atoms with E-state index in [-0.39, 0.29) is 18.4 Å². The van der Waals surface area contributed by atoms with E-state index >= 15 is 0 Å². The molecule has 1 aliphatic heterocycles. The van der Waals surface area contributed by atoms with Gasteiger partial charge in [0.2, 0.25) is 0 Å². The standard InChI is InChI=1S/C24H29ClN2O4/c1-3-19-7-4-5-8-22(19)30-17-23(28)26-13-6-14-27(16-15-26)24(29)18(2)31-21-11-9-20(25)10-12-21/h4-5,7-12,18H,3,6,13-17H2,1-2H3. The molecule has 2 aromatic rings. The van der Waals surface area contributed by atoms with Crippen LogP contribution < -0.4 is 9.47 Å². The summed E-state index contributed by atoms with van der Waals surface area (Å²) >= 11 is 5.89. The number of ether oxygens (including phenoxy) is 2. The number of hydrogen-bond donors (Lipinski definition) is 0. The summed E-state index contributed by atoms with van der Waals surface area (Å²) in [6, 6.07) is 14.7. The lowest BCUT2D eigenvalue weighted by molar-refractivity contribution is -0.138. The second-order valence-corrected chi connectivity index (χ2v) is 7.96. The number of amides is 2. The van der Waals surface area contributed by atoms with Crippen LogP contribution in [0.15, 0.2) is 48.5 Å². The number of carbonyl (C=O) groups is 2. The van der Waals surface area contributed by atoms with Crippen molar-refractivity contribution in [1.29, 1.82) is 0 Å². The molecule has 166 valence electrons. The van der Waals surface area contributed by atoms with Crippen molar-refractivity contribution in [2.24, 2.45) is 0 Å². The van der Waals surface area contributed by atoms with Gasteiger partial charge in [-0.1, -0.05) is 36.7 Å². The van der Waals surface area contributed by atoms with Crippen molar-refractivity contribution < 1.29 is 19.1 Å². The summed E-state index contributed by atoms with van der Waals surface area (Å²) < 4.78 is 11.5. The predicted molar refractivity (Wildman–Crippen MR) is 121 cm³/mol.